The number of carbonyl (C=O) groups is 2. The van der Waals surface area contributed by atoms with Crippen molar-refractivity contribution in [2.24, 2.45) is 0 Å². The number of carbonyl (C=O) groups excluding carboxylic acids is 2. The Kier molecular flexibility index (Phi) is 6.20. The van der Waals surface area contributed by atoms with Crippen molar-refractivity contribution < 1.29 is 14.3 Å². The molecule has 0 aromatic carbocycles. The molecular weight excluding hydrogens is 384 g/mol. The number of thiophene rings is 1. The summed E-state index contributed by atoms with van der Waals surface area (Å²) in [5.74, 6) is -1.12. The SMILES string of the molecule is COCc1cc(NC(=O)C(=O)N(C)Cc2csc(Br)c2)ncn1. The van der Waals surface area contributed by atoms with Crippen molar-refractivity contribution in [1.29, 1.82) is 0 Å². The molecule has 2 amide bonds. The first-order valence-electron chi connectivity index (χ1n) is 6.59. The van der Waals surface area contributed by atoms with E-state index in [0.29, 0.717) is 18.8 Å². The van der Waals surface area contributed by atoms with Crippen LogP contribution >= 0.6 is 27.3 Å². The largest absolute Gasteiger partial charge is 0.378 e. The van der Waals surface area contributed by atoms with Gasteiger partial charge in [0.05, 0.1) is 16.1 Å². The van der Waals surface area contributed by atoms with Crippen molar-refractivity contribution >= 4 is 44.9 Å². The Hall–Kier alpha value is -1.84. The zero-order valence-electron chi connectivity index (χ0n) is 12.6. The van der Waals surface area contributed by atoms with Crippen LogP contribution in [0.1, 0.15) is 11.3 Å². The van der Waals surface area contributed by atoms with Crippen molar-refractivity contribution in [3.8, 4) is 0 Å². The number of nitrogens with zero attached hydrogens (tertiary/aromatic N) is 3. The molecule has 0 spiro atoms. The molecule has 0 bridgehead atoms. The van der Waals surface area contributed by atoms with Gasteiger partial charge in [-0.1, -0.05) is 0 Å². The fraction of sp³-hybridized carbons (Fsp3) is 0.286. The van der Waals surface area contributed by atoms with E-state index in [2.05, 4.69) is 31.2 Å². The van der Waals surface area contributed by atoms with Gasteiger partial charge >= 0.3 is 11.8 Å². The van der Waals surface area contributed by atoms with E-state index < -0.39 is 11.8 Å². The van der Waals surface area contributed by atoms with Crippen LogP contribution in [0.3, 0.4) is 0 Å². The number of halogens is 1. The molecule has 0 saturated carbocycles. The predicted molar refractivity (Wildman–Crippen MR) is 89.9 cm³/mol. The summed E-state index contributed by atoms with van der Waals surface area (Å²) in [7, 11) is 3.12. The highest BCUT2D eigenvalue weighted by Crippen LogP contribution is 2.21. The molecule has 2 aromatic rings. The molecule has 2 rings (SSSR count). The molecule has 7 nitrogen and oxygen atoms in total. The predicted octanol–water partition coefficient (Wildman–Crippen LogP) is 2.04. The standard InChI is InChI=1S/C14H15BrN4O3S/c1-19(5-9-3-11(15)23-7-9)14(21)13(20)18-12-4-10(6-22-2)16-8-17-12/h3-4,7-8H,5-6H2,1-2H3,(H,16,17,18,20). The smallest absolute Gasteiger partial charge is 0.315 e. The molecule has 23 heavy (non-hydrogen) atoms. The number of nitrogens with one attached hydrogen (secondary N) is 1. The lowest BCUT2D eigenvalue weighted by molar-refractivity contribution is -0.142. The highest BCUT2D eigenvalue weighted by Gasteiger charge is 2.20. The fourth-order valence-electron chi connectivity index (χ4n) is 1.81. The van der Waals surface area contributed by atoms with Crippen molar-refractivity contribution in [1.82, 2.24) is 14.9 Å². The van der Waals surface area contributed by atoms with Crippen LogP contribution in [0, 0.1) is 0 Å². The van der Waals surface area contributed by atoms with Crippen LogP contribution in [-0.4, -0.2) is 40.8 Å². The molecule has 0 radical (unpaired) electrons. The van der Waals surface area contributed by atoms with Crippen molar-refractivity contribution in [2.75, 3.05) is 19.5 Å². The summed E-state index contributed by atoms with van der Waals surface area (Å²) >= 11 is 4.89. The molecule has 122 valence electrons. The van der Waals surface area contributed by atoms with E-state index in [-0.39, 0.29) is 5.82 Å². The molecular formula is C14H15BrN4O3S. The van der Waals surface area contributed by atoms with E-state index in [1.54, 1.807) is 20.2 Å². The number of ether oxygens (including phenoxy) is 1. The minimum absolute atomic E-state index is 0.261. The molecule has 0 fully saturated rings. The number of methoxy groups -OCH3 is 1. The lowest BCUT2D eigenvalue weighted by Gasteiger charge is -2.15. The Morgan fingerprint density at radius 2 is 2.17 bits per heavy atom. The normalized spacial score (nSPS) is 10.4. The maximum Gasteiger partial charge on any atom is 0.315 e. The quantitative estimate of drug-likeness (QED) is 0.778. The minimum atomic E-state index is -0.746. The third-order valence-corrected chi connectivity index (χ3v) is 4.39. The maximum absolute atomic E-state index is 12.1. The van der Waals surface area contributed by atoms with Gasteiger partial charge in [0.25, 0.3) is 0 Å². The molecule has 1 N–H and O–H groups in total. The van der Waals surface area contributed by atoms with Crippen LogP contribution in [0.4, 0.5) is 5.82 Å². The second kappa shape index (κ2) is 8.14. The van der Waals surface area contributed by atoms with E-state index in [4.69, 9.17) is 4.74 Å². The van der Waals surface area contributed by atoms with Crippen LogP contribution in [0.15, 0.2) is 27.6 Å². The first-order valence-corrected chi connectivity index (χ1v) is 8.26. The van der Waals surface area contributed by atoms with Gasteiger partial charge in [-0.3, -0.25) is 9.59 Å². The summed E-state index contributed by atoms with van der Waals surface area (Å²) in [5, 5.41) is 4.39. The second-order valence-electron chi connectivity index (χ2n) is 4.70. The summed E-state index contributed by atoms with van der Waals surface area (Å²) < 4.78 is 5.94. The molecule has 0 unspecified atom stereocenters. The number of rotatable bonds is 5. The molecule has 0 aliphatic heterocycles. The highest BCUT2D eigenvalue weighted by atomic mass is 79.9. The average molecular weight is 399 g/mol. The highest BCUT2D eigenvalue weighted by molar-refractivity contribution is 9.11. The minimum Gasteiger partial charge on any atom is -0.378 e. The van der Waals surface area contributed by atoms with Crippen LogP contribution in [0.25, 0.3) is 0 Å². The van der Waals surface area contributed by atoms with Gasteiger partial charge in [-0.05, 0) is 32.9 Å². The summed E-state index contributed by atoms with van der Waals surface area (Å²) in [6.45, 7) is 0.652. The van der Waals surface area contributed by atoms with Gasteiger partial charge in [-0.2, -0.15) is 0 Å². The Balaban J connectivity index is 1.96. The second-order valence-corrected chi connectivity index (χ2v) is 6.99. The molecule has 0 aliphatic rings. The number of anilines is 1. The Morgan fingerprint density at radius 3 is 2.83 bits per heavy atom. The lowest BCUT2D eigenvalue weighted by Crippen LogP contribution is -2.36. The molecule has 2 heterocycles. The Labute approximate surface area is 145 Å². The van der Waals surface area contributed by atoms with Gasteiger partial charge in [-0.25, -0.2) is 9.97 Å². The maximum atomic E-state index is 12.1. The van der Waals surface area contributed by atoms with Gasteiger partial charge in [0.1, 0.15) is 12.1 Å². The first-order chi connectivity index (χ1) is 11.0. The average Bonchev–Trinajstić information content (AvgIpc) is 2.92. The number of hydrogen-bond acceptors (Lipinski definition) is 6. The van der Waals surface area contributed by atoms with Gasteiger partial charge in [-0.15, -0.1) is 11.3 Å². The van der Waals surface area contributed by atoms with Crippen molar-refractivity contribution in [2.45, 2.75) is 13.2 Å². The lowest BCUT2D eigenvalue weighted by atomic mass is 10.3. The molecule has 0 atom stereocenters. The summed E-state index contributed by atoms with van der Waals surface area (Å²) in [6.07, 6.45) is 1.31. The first kappa shape index (κ1) is 17.5. The summed E-state index contributed by atoms with van der Waals surface area (Å²) in [6, 6.07) is 3.47. The van der Waals surface area contributed by atoms with Crippen LogP contribution in [-0.2, 0) is 27.5 Å². The van der Waals surface area contributed by atoms with Gasteiger partial charge in [0.2, 0.25) is 0 Å². The molecule has 9 heteroatoms. The third kappa shape index (κ3) is 5.08. The molecule has 2 aromatic heterocycles. The number of aromatic nitrogens is 2. The number of hydrogen-bond donors (Lipinski definition) is 1. The zero-order valence-corrected chi connectivity index (χ0v) is 15.0. The van der Waals surface area contributed by atoms with Gasteiger partial charge in [0.15, 0.2) is 0 Å². The van der Waals surface area contributed by atoms with Gasteiger partial charge in [0, 0.05) is 26.8 Å². The third-order valence-electron chi connectivity index (χ3n) is 2.84. The van der Waals surface area contributed by atoms with E-state index in [1.165, 1.54) is 22.6 Å². The number of likely N-dealkylation sites (N-methyl/N-ethyl adjacent to an activating group) is 1. The number of amides is 2. The molecule has 0 aliphatic carbocycles. The van der Waals surface area contributed by atoms with E-state index in [9.17, 15) is 9.59 Å². The Bertz CT molecular complexity index is 707. The van der Waals surface area contributed by atoms with Crippen LogP contribution in [0.2, 0.25) is 0 Å². The van der Waals surface area contributed by atoms with Crippen LogP contribution < -0.4 is 5.32 Å². The summed E-state index contributed by atoms with van der Waals surface area (Å²) in [4.78, 5) is 33.4. The zero-order chi connectivity index (χ0) is 16.8. The molecule has 0 saturated heterocycles. The van der Waals surface area contributed by atoms with Crippen LogP contribution in [0.5, 0.6) is 0 Å². The van der Waals surface area contributed by atoms with E-state index in [0.717, 1.165) is 9.35 Å². The monoisotopic (exact) mass is 398 g/mol. The fourth-order valence-corrected chi connectivity index (χ4v) is 3.01. The van der Waals surface area contributed by atoms with Gasteiger partial charge < -0.3 is 15.0 Å². The summed E-state index contributed by atoms with van der Waals surface area (Å²) in [5.41, 5.74) is 1.57. The van der Waals surface area contributed by atoms with Crippen molar-refractivity contribution in [3.05, 3.63) is 38.9 Å². The Morgan fingerprint density at radius 1 is 1.39 bits per heavy atom. The topological polar surface area (TPSA) is 84.4 Å². The van der Waals surface area contributed by atoms with E-state index >= 15 is 0 Å². The van der Waals surface area contributed by atoms with E-state index in [1.807, 2.05) is 11.4 Å². The van der Waals surface area contributed by atoms with Crippen molar-refractivity contribution in [3.63, 3.8) is 0 Å².